The molecule has 1 amide bonds. The third-order valence-electron chi connectivity index (χ3n) is 9.47. The van der Waals surface area contributed by atoms with Gasteiger partial charge in [-0.25, -0.2) is 4.39 Å². The van der Waals surface area contributed by atoms with Crippen molar-refractivity contribution in [3.05, 3.63) is 58.9 Å². The maximum atomic E-state index is 15.8. The van der Waals surface area contributed by atoms with Crippen molar-refractivity contribution in [3.8, 4) is 16.5 Å². The van der Waals surface area contributed by atoms with Crippen molar-refractivity contribution in [2.75, 3.05) is 46.9 Å². The maximum absolute atomic E-state index is 15.8. The number of rotatable bonds is 6. The summed E-state index contributed by atoms with van der Waals surface area (Å²) in [6.07, 6.45) is 4.78. The highest BCUT2D eigenvalue weighted by atomic mass is 32.1. The molecule has 3 aliphatic rings. The van der Waals surface area contributed by atoms with Gasteiger partial charge in [-0.3, -0.25) is 4.79 Å². The molecule has 2 aromatic carbocycles. The summed E-state index contributed by atoms with van der Waals surface area (Å²) in [6.45, 7) is 3.62. The Morgan fingerprint density at radius 1 is 1.29 bits per heavy atom. The van der Waals surface area contributed by atoms with Gasteiger partial charge in [-0.1, -0.05) is 24.3 Å². The van der Waals surface area contributed by atoms with Crippen LogP contribution in [0, 0.1) is 17.1 Å². The molecule has 0 radical (unpaired) electrons. The van der Waals surface area contributed by atoms with E-state index in [9.17, 15) is 10.1 Å². The summed E-state index contributed by atoms with van der Waals surface area (Å²) < 4.78 is 27.6. The molecule has 6 rings (SSSR count). The number of likely N-dealkylation sites (tertiary alicyclic amines) is 1. The van der Waals surface area contributed by atoms with Gasteiger partial charge in [0.2, 0.25) is 0 Å². The number of nitrogens with zero attached hydrogens (tertiary/aromatic N) is 2. The van der Waals surface area contributed by atoms with Crippen molar-refractivity contribution in [1.82, 2.24) is 15.5 Å². The first-order valence-electron chi connectivity index (χ1n) is 15.0. The van der Waals surface area contributed by atoms with Gasteiger partial charge in [0.05, 0.1) is 23.5 Å². The van der Waals surface area contributed by atoms with Gasteiger partial charge in [0.1, 0.15) is 18.0 Å². The third-order valence-corrected chi connectivity index (χ3v) is 10.7. The summed E-state index contributed by atoms with van der Waals surface area (Å²) in [5.41, 5.74) is 4.77. The van der Waals surface area contributed by atoms with Crippen LogP contribution in [0.1, 0.15) is 42.4 Å². The molecule has 3 heterocycles. The second-order valence-corrected chi connectivity index (χ2v) is 13.1. The number of carbonyl (C=O) groups excluding carboxylic acids is 1. The van der Waals surface area contributed by atoms with Gasteiger partial charge in [-0.2, -0.15) is 5.26 Å². The average molecular weight is 591 g/mol. The number of nitrogens with one attached hydrogen (secondary N) is 2. The number of hydrogen-bond acceptors (Lipinski definition) is 7. The number of benzene rings is 2. The fourth-order valence-electron chi connectivity index (χ4n) is 6.76. The molecular formula is C33H39FN4O3S. The molecule has 3 aromatic rings. The Morgan fingerprint density at radius 3 is 2.90 bits per heavy atom. The highest BCUT2D eigenvalue weighted by Gasteiger charge is 2.40. The Bertz CT molecular complexity index is 1490. The van der Waals surface area contributed by atoms with Crippen LogP contribution in [0.25, 0.3) is 20.5 Å². The van der Waals surface area contributed by atoms with E-state index in [4.69, 9.17) is 9.47 Å². The standard InChI is InChI=1S/C33H39FN4O3S/c1-38-13-10-33(11-14-38)9-7-21-3-4-22(16-27(21)33)29-17-24-6-5-23(30(34)31(24)42-29)15-25(18-35)37-32(39)28-19-36-12-8-26(40-2)20-41-28/h3-6,16-17,25-26,28,36H,7-15,19-20H2,1-2H3,(H,37,39)/t25-,26+,28-/m0/s1. The van der Waals surface area contributed by atoms with E-state index in [0.29, 0.717) is 30.0 Å². The van der Waals surface area contributed by atoms with Crippen LogP contribution in [0.15, 0.2) is 36.4 Å². The highest BCUT2D eigenvalue weighted by Crippen LogP contribution is 2.48. The van der Waals surface area contributed by atoms with E-state index >= 15 is 4.39 Å². The Balaban J connectivity index is 1.18. The zero-order chi connectivity index (χ0) is 29.3. The summed E-state index contributed by atoms with van der Waals surface area (Å²) >= 11 is 1.46. The van der Waals surface area contributed by atoms with Crippen molar-refractivity contribution in [2.45, 2.75) is 62.2 Å². The van der Waals surface area contributed by atoms with Crippen molar-refractivity contribution in [1.29, 1.82) is 5.26 Å². The summed E-state index contributed by atoms with van der Waals surface area (Å²) in [7, 11) is 3.82. The van der Waals surface area contributed by atoms with Gasteiger partial charge in [0, 0.05) is 25.0 Å². The van der Waals surface area contributed by atoms with Crippen molar-refractivity contribution in [3.63, 3.8) is 0 Å². The Labute approximate surface area is 251 Å². The first-order valence-corrected chi connectivity index (χ1v) is 15.8. The first kappa shape index (κ1) is 29.2. The molecule has 0 bridgehead atoms. The summed E-state index contributed by atoms with van der Waals surface area (Å²) in [5.74, 6) is -0.706. The Hall–Kier alpha value is -2.87. The Kier molecular flexibility index (Phi) is 8.62. The zero-order valence-electron chi connectivity index (χ0n) is 24.4. The molecule has 42 heavy (non-hydrogen) atoms. The number of methoxy groups -OCH3 is 1. The van der Waals surface area contributed by atoms with E-state index in [1.807, 2.05) is 6.07 Å². The lowest BCUT2D eigenvalue weighted by Crippen LogP contribution is -2.49. The second-order valence-electron chi connectivity index (χ2n) is 12.1. The topological polar surface area (TPSA) is 86.6 Å². The number of carbonyl (C=O) groups is 1. The number of nitriles is 1. The minimum atomic E-state index is -0.876. The van der Waals surface area contributed by atoms with E-state index < -0.39 is 12.1 Å². The largest absolute Gasteiger partial charge is 0.379 e. The minimum absolute atomic E-state index is 0.0773. The normalized spacial score (nSPS) is 23.2. The highest BCUT2D eigenvalue weighted by molar-refractivity contribution is 7.22. The summed E-state index contributed by atoms with van der Waals surface area (Å²) in [4.78, 5) is 16.4. The molecule has 1 aromatic heterocycles. The number of ether oxygens (including phenoxy) is 2. The van der Waals surface area contributed by atoms with Gasteiger partial charge < -0.3 is 25.0 Å². The van der Waals surface area contributed by atoms with Gasteiger partial charge in [-0.05, 0) is 104 Å². The summed E-state index contributed by atoms with van der Waals surface area (Å²) in [5, 5.41) is 16.6. The van der Waals surface area contributed by atoms with Gasteiger partial charge in [-0.15, -0.1) is 11.3 Å². The van der Waals surface area contributed by atoms with E-state index in [1.165, 1.54) is 41.7 Å². The maximum Gasteiger partial charge on any atom is 0.251 e. The van der Waals surface area contributed by atoms with Crippen molar-refractivity contribution in [2.24, 2.45) is 0 Å². The predicted molar refractivity (Wildman–Crippen MR) is 163 cm³/mol. The fraction of sp³-hybridized carbons (Fsp3) is 0.515. The number of amides is 1. The van der Waals surface area contributed by atoms with Crippen LogP contribution >= 0.6 is 11.3 Å². The summed E-state index contributed by atoms with van der Waals surface area (Å²) in [6, 6.07) is 13.8. The zero-order valence-corrected chi connectivity index (χ0v) is 25.2. The number of thiophene rings is 1. The molecule has 1 spiro atoms. The molecule has 2 N–H and O–H groups in total. The van der Waals surface area contributed by atoms with Gasteiger partial charge in [0.15, 0.2) is 0 Å². The third kappa shape index (κ3) is 5.84. The lowest BCUT2D eigenvalue weighted by molar-refractivity contribution is -0.136. The van der Waals surface area contributed by atoms with Crippen LogP contribution in [0.4, 0.5) is 4.39 Å². The number of aryl methyl sites for hydroxylation is 1. The molecule has 9 heteroatoms. The first-order chi connectivity index (χ1) is 20.4. The average Bonchev–Trinajstić information content (AvgIpc) is 3.58. The minimum Gasteiger partial charge on any atom is -0.379 e. The second kappa shape index (κ2) is 12.4. The van der Waals surface area contributed by atoms with Crippen LogP contribution in [0.3, 0.4) is 0 Å². The lowest BCUT2D eigenvalue weighted by atomic mass is 9.73. The van der Waals surface area contributed by atoms with E-state index in [2.05, 4.69) is 52.9 Å². The van der Waals surface area contributed by atoms with Gasteiger partial charge in [0.25, 0.3) is 5.91 Å². The number of halogens is 1. The van der Waals surface area contributed by atoms with E-state index in [-0.39, 0.29) is 29.7 Å². The number of piperidine rings is 1. The van der Waals surface area contributed by atoms with Crippen LogP contribution in [-0.2, 0) is 32.5 Å². The predicted octanol–water partition coefficient (Wildman–Crippen LogP) is 4.56. The SMILES string of the molecule is CO[C@@H]1CCNC[C@@H](C(=O)N[C@H](C#N)Cc2ccc3cc(-c4ccc5c(c4)C4(CC5)CCN(C)CC4)sc3c2F)OC1. The van der Waals surface area contributed by atoms with Crippen molar-refractivity contribution < 1.29 is 18.7 Å². The van der Waals surface area contributed by atoms with Crippen LogP contribution in [0.5, 0.6) is 0 Å². The Morgan fingerprint density at radius 2 is 2.12 bits per heavy atom. The molecule has 222 valence electrons. The smallest absolute Gasteiger partial charge is 0.251 e. The fourth-order valence-corrected chi connectivity index (χ4v) is 7.87. The quantitative estimate of drug-likeness (QED) is 0.438. The van der Waals surface area contributed by atoms with E-state index in [0.717, 1.165) is 41.8 Å². The van der Waals surface area contributed by atoms with Crippen LogP contribution < -0.4 is 10.6 Å². The molecule has 3 atom stereocenters. The number of hydrogen-bond donors (Lipinski definition) is 2. The van der Waals surface area contributed by atoms with Crippen LogP contribution in [-0.4, -0.2) is 76.0 Å². The molecular weight excluding hydrogens is 551 g/mol. The number of fused-ring (bicyclic) bond motifs is 3. The molecule has 7 nitrogen and oxygen atoms in total. The lowest BCUT2D eigenvalue weighted by Gasteiger charge is -2.38. The van der Waals surface area contributed by atoms with Crippen molar-refractivity contribution >= 4 is 27.3 Å². The van der Waals surface area contributed by atoms with Crippen LogP contribution in [0.2, 0.25) is 0 Å². The molecule has 1 aliphatic carbocycles. The van der Waals surface area contributed by atoms with Gasteiger partial charge >= 0.3 is 0 Å². The van der Waals surface area contributed by atoms with E-state index in [1.54, 1.807) is 13.2 Å². The molecule has 2 aliphatic heterocycles. The monoisotopic (exact) mass is 590 g/mol. The molecule has 2 fully saturated rings. The molecule has 0 saturated carbocycles. The molecule has 2 saturated heterocycles. The molecule has 0 unspecified atom stereocenters.